The predicted molar refractivity (Wildman–Crippen MR) is 67.5 cm³/mol. The summed E-state index contributed by atoms with van der Waals surface area (Å²) in [6, 6.07) is 0.375. The second kappa shape index (κ2) is 5.42. The Bertz CT molecular complexity index is 341. The third-order valence-electron chi connectivity index (χ3n) is 2.28. The van der Waals surface area contributed by atoms with Gasteiger partial charge in [0.25, 0.3) is 0 Å². The standard InChI is InChI=1S/C12H20N2S/c1-6-11-14-10(5)12(15-11)9(4)13-7-8(2)3/h9,13H,2,6-7H2,1,3-5H3/t9-/m0/s1. The summed E-state index contributed by atoms with van der Waals surface area (Å²) in [7, 11) is 0. The van der Waals surface area contributed by atoms with Gasteiger partial charge in [0.1, 0.15) is 0 Å². The Kier molecular flexibility index (Phi) is 4.48. The number of thiazole rings is 1. The molecule has 0 saturated heterocycles. The van der Waals surface area contributed by atoms with Crippen LogP contribution in [0.4, 0.5) is 0 Å². The summed E-state index contributed by atoms with van der Waals surface area (Å²) in [6.07, 6.45) is 1.03. The van der Waals surface area contributed by atoms with E-state index in [1.54, 1.807) is 0 Å². The van der Waals surface area contributed by atoms with Gasteiger partial charge in [0.2, 0.25) is 0 Å². The van der Waals surface area contributed by atoms with Crippen molar-refractivity contribution in [3.05, 3.63) is 27.7 Å². The van der Waals surface area contributed by atoms with E-state index in [1.165, 1.54) is 21.2 Å². The first-order valence-electron chi connectivity index (χ1n) is 5.38. The summed E-state index contributed by atoms with van der Waals surface area (Å²) >= 11 is 1.82. The Balaban J connectivity index is 2.68. The van der Waals surface area contributed by atoms with Gasteiger partial charge in [0, 0.05) is 17.5 Å². The second-order valence-electron chi connectivity index (χ2n) is 3.97. The quantitative estimate of drug-likeness (QED) is 0.777. The maximum absolute atomic E-state index is 4.53. The first kappa shape index (κ1) is 12.4. The summed E-state index contributed by atoms with van der Waals surface area (Å²) in [4.78, 5) is 5.89. The molecule has 1 atom stereocenters. The molecule has 0 aliphatic rings. The SMILES string of the molecule is C=C(C)CN[C@@H](C)c1sc(CC)nc1C. The van der Waals surface area contributed by atoms with E-state index in [0.29, 0.717) is 6.04 Å². The van der Waals surface area contributed by atoms with Gasteiger partial charge in [-0.05, 0) is 27.2 Å². The summed E-state index contributed by atoms with van der Waals surface area (Å²) < 4.78 is 0. The fourth-order valence-electron chi connectivity index (χ4n) is 1.44. The zero-order chi connectivity index (χ0) is 11.4. The highest BCUT2D eigenvalue weighted by atomic mass is 32.1. The highest BCUT2D eigenvalue weighted by molar-refractivity contribution is 7.11. The zero-order valence-electron chi connectivity index (χ0n) is 10.1. The molecule has 0 unspecified atom stereocenters. The fourth-order valence-corrected chi connectivity index (χ4v) is 2.47. The summed E-state index contributed by atoms with van der Waals surface area (Å²) in [5.41, 5.74) is 2.33. The largest absolute Gasteiger partial charge is 0.306 e. The van der Waals surface area contributed by atoms with E-state index >= 15 is 0 Å². The number of rotatable bonds is 5. The van der Waals surface area contributed by atoms with Gasteiger partial charge in [-0.15, -0.1) is 11.3 Å². The van der Waals surface area contributed by atoms with Crippen LogP contribution in [0, 0.1) is 6.92 Å². The molecule has 0 saturated carbocycles. The number of aryl methyl sites for hydroxylation is 2. The van der Waals surface area contributed by atoms with E-state index in [4.69, 9.17) is 0 Å². The fraction of sp³-hybridized carbons (Fsp3) is 0.583. The summed E-state index contributed by atoms with van der Waals surface area (Å²) in [5.74, 6) is 0. The Hall–Kier alpha value is -0.670. The van der Waals surface area contributed by atoms with Crippen LogP contribution in [0.15, 0.2) is 12.2 Å². The van der Waals surface area contributed by atoms with Crippen LogP contribution in [0.1, 0.15) is 42.4 Å². The molecule has 1 heterocycles. The van der Waals surface area contributed by atoms with Gasteiger partial charge in [-0.2, -0.15) is 0 Å². The average molecular weight is 224 g/mol. The zero-order valence-corrected chi connectivity index (χ0v) is 10.9. The van der Waals surface area contributed by atoms with E-state index in [1.807, 2.05) is 18.3 Å². The Morgan fingerprint density at radius 1 is 1.60 bits per heavy atom. The van der Waals surface area contributed by atoms with Crippen LogP contribution in [-0.4, -0.2) is 11.5 Å². The van der Waals surface area contributed by atoms with Crippen molar-refractivity contribution in [2.45, 2.75) is 40.2 Å². The third kappa shape index (κ3) is 3.43. The van der Waals surface area contributed by atoms with Crippen LogP contribution in [0.25, 0.3) is 0 Å². The monoisotopic (exact) mass is 224 g/mol. The highest BCUT2D eigenvalue weighted by Gasteiger charge is 2.12. The molecule has 0 aliphatic carbocycles. The van der Waals surface area contributed by atoms with Gasteiger partial charge in [-0.1, -0.05) is 19.1 Å². The molecule has 0 aromatic carbocycles. The van der Waals surface area contributed by atoms with Crippen molar-refractivity contribution in [2.24, 2.45) is 0 Å². The van der Waals surface area contributed by atoms with Gasteiger partial charge in [-0.3, -0.25) is 0 Å². The molecule has 0 radical (unpaired) electrons. The smallest absolute Gasteiger partial charge is 0.0928 e. The van der Waals surface area contributed by atoms with Crippen LogP contribution in [-0.2, 0) is 6.42 Å². The van der Waals surface area contributed by atoms with Gasteiger partial charge in [-0.25, -0.2) is 4.98 Å². The molecular formula is C12H20N2S. The lowest BCUT2D eigenvalue weighted by molar-refractivity contribution is 0.612. The van der Waals surface area contributed by atoms with E-state index < -0.39 is 0 Å². The van der Waals surface area contributed by atoms with E-state index in [2.05, 4.69) is 37.7 Å². The van der Waals surface area contributed by atoms with Crippen LogP contribution < -0.4 is 5.32 Å². The number of hydrogen-bond acceptors (Lipinski definition) is 3. The number of nitrogens with one attached hydrogen (secondary N) is 1. The third-order valence-corrected chi connectivity index (χ3v) is 3.77. The molecule has 2 nitrogen and oxygen atoms in total. The van der Waals surface area contributed by atoms with Gasteiger partial charge in [0.15, 0.2) is 0 Å². The Morgan fingerprint density at radius 3 is 2.73 bits per heavy atom. The van der Waals surface area contributed by atoms with Crippen LogP contribution in [0.3, 0.4) is 0 Å². The molecule has 1 rings (SSSR count). The molecule has 0 fully saturated rings. The van der Waals surface area contributed by atoms with E-state index in [-0.39, 0.29) is 0 Å². The first-order chi connectivity index (χ1) is 7.04. The van der Waals surface area contributed by atoms with Gasteiger partial charge < -0.3 is 5.32 Å². The molecule has 0 bridgehead atoms. The number of nitrogens with zero attached hydrogens (tertiary/aromatic N) is 1. The molecule has 1 N–H and O–H groups in total. The van der Waals surface area contributed by atoms with E-state index in [9.17, 15) is 0 Å². The van der Waals surface area contributed by atoms with Crippen molar-refractivity contribution >= 4 is 11.3 Å². The molecule has 1 aromatic heterocycles. The topological polar surface area (TPSA) is 24.9 Å². The summed E-state index contributed by atoms with van der Waals surface area (Å²) in [6.45, 7) is 13.2. The second-order valence-corrected chi connectivity index (χ2v) is 5.09. The van der Waals surface area contributed by atoms with Crippen molar-refractivity contribution < 1.29 is 0 Å². The van der Waals surface area contributed by atoms with Crippen LogP contribution in [0.2, 0.25) is 0 Å². The van der Waals surface area contributed by atoms with Crippen molar-refractivity contribution in [1.82, 2.24) is 10.3 Å². The maximum atomic E-state index is 4.53. The molecule has 84 valence electrons. The Morgan fingerprint density at radius 2 is 2.27 bits per heavy atom. The molecular weight excluding hydrogens is 204 g/mol. The lowest BCUT2D eigenvalue weighted by Crippen LogP contribution is -2.20. The molecule has 0 aliphatic heterocycles. The number of hydrogen-bond donors (Lipinski definition) is 1. The minimum Gasteiger partial charge on any atom is -0.306 e. The lowest BCUT2D eigenvalue weighted by Gasteiger charge is -2.12. The molecule has 15 heavy (non-hydrogen) atoms. The van der Waals surface area contributed by atoms with Crippen LogP contribution in [0.5, 0.6) is 0 Å². The summed E-state index contributed by atoms with van der Waals surface area (Å²) in [5, 5.41) is 4.68. The minimum absolute atomic E-state index is 0.375. The van der Waals surface area contributed by atoms with Gasteiger partial charge >= 0.3 is 0 Å². The molecule has 0 amide bonds. The normalized spacial score (nSPS) is 12.8. The van der Waals surface area contributed by atoms with Gasteiger partial charge in [0.05, 0.1) is 10.7 Å². The van der Waals surface area contributed by atoms with Crippen LogP contribution >= 0.6 is 11.3 Å². The molecule has 0 spiro atoms. The first-order valence-corrected chi connectivity index (χ1v) is 6.20. The van der Waals surface area contributed by atoms with Crippen molar-refractivity contribution in [2.75, 3.05) is 6.54 Å². The minimum atomic E-state index is 0.375. The molecule has 3 heteroatoms. The maximum Gasteiger partial charge on any atom is 0.0928 e. The average Bonchev–Trinajstić information content (AvgIpc) is 2.56. The van der Waals surface area contributed by atoms with Crippen molar-refractivity contribution in [1.29, 1.82) is 0 Å². The van der Waals surface area contributed by atoms with Crippen molar-refractivity contribution in [3.63, 3.8) is 0 Å². The predicted octanol–water partition coefficient (Wildman–Crippen LogP) is 3.24. The Labute approximate surface area is 96.4 Å². The van der Waals surface area contributed by atoms with E-state index in [0.717, 1.165) is 13.0 Å². The van der Waals surface area contributed by atoms with Crippen molar-refractivity contribution in [3.8, 4) is 0 Å². The highest BCUT2D eigenvalue weighted by Crippen LogP contribution is 2.25. The molecule has 1 aromatic rings. The number of aromatic nitrogens is 1. The lowest BCUT2D eigenvalue weighted by atomic mass is 10.2.